The Kier molecular flexibility index (Phi) is 6.65. The Labute approximate surface area is 115 Å². The maximum atomic E-state index is 3.68. The van der Waals surface area contributed by atoms with Crippen molar-refractivity contribution < 1.29 is 0 Å². The van der Waals surface area contributed by atoms with Crippen LogP contribution < -0.4 is 5.32 Å². The van der Waals surface area contributed by atoms with Crippen LogP contribution in [0.1, 0.15) is 66.7 Å². The van der Waals surface area contributed by atoms with Crippen LogP contribution in [0, 0.1) is 5.92 Å². The van der Waals surface area contributed by atoms with Crippen molar-refractivity contribution in [3.8, 4) is 0 Å². The van der Waals surface area contributed by atoms with Gasteiger partial charge in [0.15, 0.2) is 0 Å². The molecule has 1 aliphatic rings. The fraction of sp³-hybridized carbons (Fsp3) is 1.00. The molecule has 2 heteroatoms. The molecular weight excluding hydrogens is 220 g/mol. The normalized spacial score (nSPS) is 26.2. The summed E-state index contributed by atoms with van der Waals surface area (Å²) in [6, 6.07) is 0.696. The van der Waals surface area contributed by atoms with E-state index in [2.05, 4.69) is 44.8 Å². The number of nitrogens with one attached hydrogen (secondary N) is 1. The summed E-state index contributed by atoms with van der Waals surface area (Å²) < 4.78 is 0. The molecule has 0 amide bonds. The van der Waals surface area contributed by atoms with Crippen molar-refractivity contribution in [3.63, 3.8) is 0 Å². The minimum atomic E-state index is 0.325. The average Bonchev–Trinajstić information content (AvgIpc) is 2.36. The van der Waals surface area contributed by atoms with Crippen LogP contribution in [0.2, 0.25) is 0 Å². The molecule has 1 saturated heterocycles. The van der Waals surface area contributed by atoms with E-state index in [1.807, 2.05) is 0 Å². The van der Waals surface area contributed by atoms with Crippen molar-refractivity contribution in [1.29, 1.82) is 0 Å². The van der Waals surface area contributed by atoms with E-state index in [1.165, 1.54) is 45.2 Å². The molecule has 0 spiro atoms. The largest absolute Gasteiger partial charge is 0.311 e. The lowest BCUT2D eigenvalue weighted by atomic mass is 9.92. The van der Waals surface area contributed by atoms with Gasteiger partial charge < -0.3 is 5.32 Å². The van der Waals surface area contributed by atoms with E-state index in [1.54, 1.807) is 0 Å². The molecule has 18 heavy (non-hydrogen) atoms. The van der Waals surface area contributed by atoms with Crippen LogP contribution in [-0.2, 0) is 0 Å². The van der Waals surface area contributed by atoms with E-state index >= 15 is 0 Å². The lowest BCUT2D eigenvalue weighted by Crippen LogP contribution is -2.62. The predicted molar refractivity (Wildman–Crippen MR) is 81.0 cm³/mol. The van der Waals surface area contributed by atoms with Gasteiger partial charge in [-0.1, -0.05) is 40.0 Å². The van der Waals surface area contributed by atoms with Crippen LogP contribution in [-0.4, -0.2) is 36.1 Å². The number of nitrogens with zero attached hydrogens (tertiary/aromatic N) is 1. The highest BCUT2D eigenvalue weighted by atomic mass is 15.3. The Balaban J connectivity index is 2.54. The van der Waals surface area contributed by atoms with Crippen molar-refractivity contribution in [3.05, 3.63) is 0 Å². The fourth-order valence-electron chi connectivity index (χ4n) is 2.91. The molecule has 0 aromatic carbocycles. The van der Waals surface area contributed by atoms with Gasteiger partial charge >= 0.3 is 0 Å². The number of unbranched alkanes of at least 4 members (excludes halogenated alkanes) is 1. The molecule has 2 atom stereocenters. The van der Waals surface area contributed by atoms with Gasteiger partial charge in [0.25, 0.3) is 0 Å². The number of rotatable bonds is 7. The van der Waals surface area contributed by atoms with Crippen LogP contribution in [0.3, 0.4) is 0 Å². The number of piperazine rings is 1. The molecule has 0 aromatic heterocycles. The Morgan fingerprint density at radius 2 is 2.00 bits per heavy atom. The van der Waals surface area contributed by atoms with E-state index in [9.17, 15) is 0 Å². The molecule has 1 fully saturated rings. The monoisotopic (exact) mass is 254 g/mol. The first kappa shape index (κ1) is 16.0. The minimum Gasteiger partial charge on any atom is -0.311 e. The minimum absolute atomic E-state index is 0.325. The Hall–Kier alpha value is -0.0800. The Bertz CT molecular complexity index is 225. The molecule has 2 nitrogen and oxygen atoms in total. The van der Waals surface area contributed by atoms with Gasteiger partial charge in [0.2, 0.25) is 0 Å². The van der Waals surface area contributed by atoms with Crippen LogP contribution in [0.4, 0.5) is 0 Å². The van der Waals surface area contributed by atoms with Crippen molar-refractivity contribution in [2.24, 2.45) is 5.92 Å². The Morgan fingerprint density at radius 3 is 2.56 bits per heavy atom. The third kappa shape index (κ3) is 4.55. The summed E-state index contributed by atoms with van der Waals surface area (Å²) >= 11 is 0. The summed E-state index contributed by atoms with van der Waals surface area (Å²) in [6.45, 7) is 15.4. The first-order chi connectivity index (χ1) is 8.53. The summed E-state index contributed by atoms with van der Waals surface area (Å²) in [6.07, 6.45) is 6.71. The number of hydrogen-bond acceptors (Lipinski definition) is 2. The highest BCUT2D eigenvalue weighted by molar-refractivity contribution is 4.93. The van der Waals surface area contributed by atoms with Crippen LogP contribution in [0.15, 0.2) is 0 Å². The molecule has 1 rings (SSSR count). The summed E-state index contributed by atoms with van der Waals surface area (Å²) in [4.78, 5) is 2.74. The molecule has 0 aromatic rings. The predicted octanol–water partition coefficient (Wildman–Crippen LogP) is 3.67. The third-order valence-corrected chi connectivity index (χ3v) is 4.63. The van der Waals surface area contributed by atoms with E-state index in [0.717, 1.165) is 12.5 Å². The molecule has 108 valence electrons. The van der Waals surface area contributed by atoms with Crippen molar-refractivity contribution in [2.75, 3.05) is 19.6 Å². The average molecular weight is 254 g/mol. The smallest absolute Gasteiger partial charge is 0.0278 e. The Morgan fingerprint density at radius 1 is 1.28 bits per heavy atom. The quantitative estimate of drug-likeness (QED) is 0.746. The van der Waals surface area contributed by atoms with E-state index < -0.39 is 0 Å². The molecule has 1 N–H and O–H groups in total. The van der Waals surface area contributed by atoms with Crippen molar-refractivity contribution in [1.82, 2.24) is 10.2 Å². The van der Waals surface area contributed by atoms with E-state index in [4.69, 9.17) is 0 Å². The van der Waals surface area contributed by atoms with Crippen molar-refractivity contribution >= 4 is 0 Å². The zero-order valence-electron chi connectivity index (χ0n) is 13.3. The van der Waals surface area contributed by atoms with Gasteiger partial charge in [0.1, 0.15) is 0 Å². The first-order valence-corrected chi connectivity index (χ1v) is 8.01. The summed E-state index contributed by atoms with van der Waals surface area (Å²) in [5.41, 5.74) is 0.325. The first-order valence-electron chi connectivity index (χ1n) is 8.01. The van der Waals surface area contributed by atoms with Gasteiger partial charge in [-0.2, -0.15) is 0 Å². The maximum Gasteiger partial charge on any atom is 0.0278 e. The van der Waals surface area contributed by atoms with Gasteiger partial charge in [-0.15, -0.1) is 0 Å². The lowest BCUT2D eigenvalue weighted by Gasteiger charge is -2.47. The third-order valence-electron chi connectivity index (χ3n) is 4.63. The van der Waals surface area contributed by atoms with E-state index in [-0.39, 0.29) is 0 Å². The summed E-state index contributed by atoms with van der Waals surface area (Å²) in [5.74, 6) is 0.889. The van der Waals surface area contributed by atoms with Crippen molar-refractivity contribution in [2.45, 2.75) is 78.3 Å². The highest BCUT2D eigenvalue weighted by Crippen LogP contribution is 2.24. The molecule has 0 bridgehead atoms. The van der Waals surface area contributed by atoms with Gasteiger partial charge in [0, 0.05) is 31.2 Å². The van der Waals surface area contributed by atoms with Gasteiger partial charge in [-0.25, -0.2) is 0 Å². The highest BCUT2D eigenvalue weighted by Gasteiger charge is 2.33. The zero-order chi connectivity index (χ0) is 13.6. The fourth-order valence-corrected chi connectivity index (χ4v) is 2.91. The van der Waals surface area contributed by atoms with Crippen LogP contribution in [0.5, 0.6) is 0 Å². The second kappa shape index (κ2) is 7.49. The van der Waals surface area contributed by atoms with Crippen LogP contribution in [0.25, 0.3) is 0 Å². The molecule has 1 heterocycles. The number of hydrogen-bond donors (Lipinski definition) is 1. The second-order valence-electron chi connectivity index (χ2n) is 6.62. The molecule has 2 unspecified atom stereocenters. The molecule has 0 saturated carbocycles. The lowest BCUT2D eigenvalue weighted by molar-refractivity contribution is 0.0474. The van der Waals surface area contributed by atoms with Gasteiger partial charge in [-0.05, 0) is 32.6 Å². The molecule has 1 aliphatic heterocycles. The standard InChI is InChI=1S/C16H34N2/c1-6-9-10-14(7-2)11-18-12-15(8-3)17-13-16(18,4)5/h14-15,17H,6-13H2,1-5H3. The van der Waals surface area contributed by atoms with E-state index in [0.29, 0.717) is 11.6 Å². The zero-order valence-corrected chi connectivity index (χ0v) is 13.3. The second-order valence-corrected chi connectivity index (χ2v) is 6.62. The topological polar surface area (TPSA) is 15.3 Å². The SMILES string of the molecule is CCCCC(CC)CN1CC(CC)NCC1(C)C. The van der Waals surface area contributed by atoms with Crippen LogP contribution >= 0.6 is 0 Å². The summed E-state index contributed by atoms with van der Waals surface area (Å²) in [7, 11) is 0. The molecule has 0 aliphatic carbocycles. The molecule has 0 radical (unpaired) electrons. The molecular formula is C16H34N2. The van der Waals surface area contributed by atoms with Gasteiger partial charge in [-0.3, -0.25) is 4.90 Å². The van der Waals surface area contributed by atoms with Gasteiger partial charge in [0.05, 0.1) is 0 Å². The summed E-state index contributed by atoms with van der Waals surface area (Å²) in [5, 5.41) is 3.68. The maximum absolute atomic E-state index is 3.68.